The molecule has 0 saturated carbocycles. The summed E-state index contributed by atoms with van der Waals surface area (Å²) in [6, 6.07) is 8.14. The quantitative estimate of drug-likeness (QED) is 0.854. The molecule has 0 spiro atoms. The Balaban J connectivity index is 1.94. The Hall–Kier alpha value is -1.61. The zero-order valence-electron chi connectivity index (χ0n) is 9.60. The normalized spacial score (nSPS) is 12.6. The molecule has 2 heterocycles. The third-order valence-electron chi connectivity index (χ3n) is 2.67. The van der Waals surface area contributed by atoms with Gasteiger partial charge in [0.2, 0.25) is 0 Å². The van der Waals surface area contributed by atoms with E-state index in [1.165, 1.54) is 5.56 Å². The number of hydrogen-bond donors (Lipinski definition) is 1. The Bertz CT molecular complexity index is 436. The van der Waals surface area contributed by atoms with Crippen LogP contribution in [0.3, 0.4) is 0 Å². The smallest absolute Gasteiger partial charge is 0.120 e. The van der Waals surface area contributed by atoms with E-state index in [0.717, 1.165) is 18.0 Å². The minimum absolute atomic E-state index is 0.228. The SMILES string of the molecule is Cc1ccoc1CNC(C)c1ccccn1. The van der Waals surface area contributed by atoms with E-state index >= 15 is 0 Å². The Morgan fingerprint density at radius 1 is 1.38 bits per heavy atom. The maximum atomic E-state index is 5.37. The number of nitrogens with zero attached hydrogens (tertiary/aromatic N) is 1. The molecule has 1 N–H and O–H groups in total. The molecule has 1 atom stereocenters. The van der Waals surface area contributed by atoms with Crippen LogP contribution in [0.1, 0.15) is 30.0 Å². The Labute approximate surface area is 95.5 Å². The van der Waals surface area contributed by atoms with Gasteiger partial charge in [0.1, 0.15) is 5.76 Å². The summed E-state index contributed by atoms with van der Waals surface area (Å²) in [5.41, 5.74) is 2.23. The molecule has 0 aliphatic heterocycles. The number of aromatic nitrogens is 1. The molecule has 0 fully saturated rings. The van der Waals surface area contributed by atoms with Gasteiger partial charge >= 0.3 is 0 Å². The third-order valence-corrected chi connectivity index (χ3v) is 2.67. The fourth-order valence-electron chi connectivity index (χ4n) is 1.57. The molecule has 2 aromatic rings. The first-order valence-corrected chi connectivity index (χ1v) is 5.44. The summed E-state index contributed by atoms with van der Waals surface area (Å²) in [6.07, 6.45) is 3.53. The second-order valence-corrected chi connectivity index (χ2v) is 3.88. The average Bonchev–Trinajstić information content (AvgIpc) is 2.73. The van der Waals surface area contributed by atoms with Crippen LogP contribution >= 0.6 is 0 Å². The molecular formula is C13H16N2O. The van der Waals surface area contributed by atoms with Crippen LogP contribution in [0, 0.1) is 6.92 Å². The van der Waals surface area contributed by atoms with Crippen molar-refractivity contribution in [2.24, 2.45) is 0 Å². The van der Waals surface area contributed by atoms with Crippen LogP contribution in [0.4, 0.5) is 0 Å². The van der Waals surface area contributed by atoms with Gasteiger partial charge in [0.05, 0.1) is 18.5 Å². The van der Waals surface area contributed by atoms with E-state index in [-0.39, 0.29) is 6.04 Å². The van der Waals surface area contributed by atoms with Gasteiger partial charge in [-0.25, -0.2) is 0 Å². The average molecular weight is 216 g/mol. The number of aryl methyl sites for hydroxylation is 1. The van der Waals surface area contributed by atoms with Crippen molar-refractivity contribution in [3.8, 4) is 0 Å². The van der Waals surface area contributed by atoms with Gasteiger partial charge < -0.3 is 9.73 Å². The summed E-state index contributed by atoms with van der Waals surface area (Å²) >= 11 is 0. The topological polar surface area (TPSA) is 38.1 Å². The zero-order valence-corrected chi connectivity index (χ0v) is 9.60. The van der Waals surface area contributed by atoms with Crippen molar-refractivity contribution in [1.29, 1.82) is 0 Å². The standard InChI is InChI=1S/C13H16N2O/c1-10-6-8-16-13(10)9-15-11(2)12-5-3-4-7-14-12/h3-8,11,15H,9H2,1-2H3. The molecule has 0 aromatic carbocycles. The number of hydrogen-bond acceptors (Lipinski definition) is 3. The molecule has 0 bridgehead atoms. The molecule has 1 unspecified atom stereocenters. The van der Waals surface area contributed by atoms with Crippen molar-refractivity contribution in [3.63, 3.8) is 0 Å². The third kappa shape index (κ3) is 2.49. The van der Waals surface area contributed by atoms with Crippen molar-refractivity contribution in [2.75, 3.05) is 0 Å². The summed E-state index contributed by atoms with van der Waals surface area (Å²) in [5, 5.41) is 3.39. The summed E-state index contributed by atoms with van der Waals surface area (Å²) in [7, 11) is 0. The lowest BCUT2D eigenvalue weighted by Crippen LogP contribution is -2.19. The van der Waals surface area contributed by atoms with E-state index in [2.05, 4.69) is 17.2 Å². The molecular weight excluding hydrogens is 200 g/mol. The molecule has 0 aliphatic carbocycles. The van der Waals surface area contributed by atoms with Crippen LogP contribution in [0.25, 0.3) is 0 Å². The predicted molar refractivity (Wildman–Crippen MR) is 62.9 cm³/mol. The molecule has 0 aliphatic rings. The highest BCUT2D eigenvalue weighted by atomic mass is 16.3. The zero-order chi connectivity index (χ0) is 11.4. The van der Waals surface area contributed by atoms with Crippen LogP contribution in [0.5, 0.6) is 0 Å². The van der Waals surface area contributed by atoms with Crippen molar-refractivity contribution >= 4 is 0 Å². The maximum absolute atomic E-state index is 5.37. The van der Waals surface area contributed by atoms with Crippen molar-refractivity contribution in [3.05, 3.63) is 53.7 Å². The van der Waals surface area contributed by atoms with Gasteiger partial charge in [-0.3, -0.25) is 4.98 Å². The lowest BCUT2D eigenvalue weighted by Gasteiger charge is -2.12. The fourth-order valence-corrected chi connectivity index (χ4v) is 1.57. The summed E-state index contributed by atoms with van der Waals surface area (Å²) in [6.45, 7) is 4.88. The number of furan rings is 1. The number of nitrogens with one attached hydrogen (secondary N) is 1. The molecule has 0 radical (unpaired) electrons. The first kappa shape index (κ1) is 10.9. The molecule has 2 aromatic heterocycles. The minimum atomic E-state index is 0.228. The van der Waals surface area contributed by atoms with Crippen molar-refractivity contribution in [2.45, 2.75) is 26.4 Å². The van der Waals surface area contributed by atoms with E-state index in [9.17, 15) is 0 Å². The van der Waals surface area contributed by atoms with Gasteiger partial charge in [-0.15, -0.1) is 0 Å². The second kappa shape index (κ2) is 4.94. The highest BCUT2D eigenvalue weighted by Crippen LogP contribution is 2.12. The molecule has 3 heteroatoms. The van der Waals surface area contributed by atoms with Crippen molar-refractivity contribution < 1.29 is 4.42 Å². The number of rotatable bonds is 4. The van der Waals surface area contributed by atoms with Gasteiger partial charge in [-0.1, -0.05) is 6.07 Å². The highest BCUT2D eigenvalue weighted by Gasteiger charge is 2.07. The molecule has 84 valence electrons. The maximum Gasteiger partial charge on any atom is 0.120 e. The van der Waals surface area contributed by atoms with Crippen LogP contribution in [-0.2, 0) is 6.54 Å². The fraction of sp³-hybridized carbons (Fsp3) is 0.308. The van der Waals surface area contributed by atoms with E-state index in [4.69, 9.17) is 4.42 Å². The van der Waals surface area contributed by atoms with Crippen LogP contribution < -0.4 is 5.32 Å². The van der Waals surface area contributed by atoms with Crippen molar-refractivity contribution in [1.82, 2.24) is 10.3 Å². The summed E-state index contributed by atoms with van der Waals surface area (Å²) in [4.78, 5) is 4.31. The lowest BCUT2D eigenvalue weighted by molar-refractivity contribution is 0.455. The summed E-state index contributed by atoms with van der Waals surface area (Å²) < 4.78 is 5.37. The van der Waals surface area contributed by atoms with Gasteiger partial charge in [-0.05, 0) is 37.6 Å². The van der Waals surface area contributed by atoms with Gasteiger partial charge in [0, 0.05) is 12.2 Å². The van der Waals surface area contributed by atoms with Crippen LogP contribution in [-0.4, -0.2) is 4.98 Å². The monoisotopic (exact) mass is 216 g/mol. The first-order valence-electron chi connectivity index (χ1n) is 5.44. The molecule has 0 saturated heterocycles. The molecule has 2 rings (SSSR count). The Morgan fingerprint density at radius 2 is 2.25 bits per heavy atom. The molecule has 16 heavy (non-hydrogen) atoms. The molecule has 3 nitrogen and oxygen atoms in total. The minimum Gasteiger partial charge on any atom is -0.468 e. The lowest BCUT2D eigenvalue weighted by atomic mass is 10.2. The van der Waals surface area contributed by atoms with Crippen LogP contribution in [0.2, 0.25) is 0 Å². The molecule has 0 amide bonds. The van der Waals surface area contributed by atoms with Crippen LogP contribution in [0.15, 0.2) is 41.1 Å². The van der Waals surface area contributed by atoms with Gasteiger partial charge in [-0.2, -0.15) is 0 Å². The predicted octanol–water partition coefficient (Wildman–Crippen LogP) is 2.83. The summed E-state index contributed by atoms with van der Waals surface area (Å²) in [5.74, 6) is 0.989. The second-order valence-electron chi connectivity index (χ2n) is 3.88. The highest BCUT2D eigenvalue weighted by molar-refractivity contribution is 5.15. The Morgan fingerprint density at radius 3 is 2.88 bits per heavy atom. The van der Waals surface area contributed by atoms with E-state index < -0.39 is 0 Å². The van der Waals surface area contributed by atoms with Gasteiger partial charge in [0.15, 0.2) is 0 Å². The number of pyridine rings is 1. The first-order chi connectivity index (χ1) is 7.77. The van der Waals surface area contributed by atoms with Gasteiger partial charge in [0.25, 0.3) is 0 Å². The van der Waals surface area contributed by atoms with E-state index in [0.29, 0.717) is 0 Å². The largest absolute Gasteiger partial charge is 0.468 e. The van der Waals surface area contributed by atoms with E-state index in [1.807, 2.05) is 37.4 Å². The van der Waals surface area contributed by atoms with E-state index in [1.54, 1.807) is 6.26 Å². The Kier molecular flexibility index (Phi) is 3.37.